The lowest BCUT2D eigenvalue weighted by molar-refractivity contribution is -0.137. The summed E-state index contributed by atoms with van der Waals surface area (Å²) in [5.41, 5.74) is 1.29. The second-order valence-corrected chi connectivity index (χ2v) is 6.28. The molecule has 142 valence electrons. The Bertz CT molecular complexity index is 862. The first kappa shape index (κ1) is 18.9. The van der Waals surface area contributed by atoms with Crippen molar-refractivity contribution in [3.8, 4) is 0 Å². The molecule has 1 N–H and O–H groups in total. The van der Waals surface area contributed by atoms with E-state index in [9.17, 15) is 18.0 Å². The molecule has 2 aromatic carbocycles. The summed E-state index contributed by atoms with van der Waals surface area (Å²) in [7, 11) is 1.36. The van der Waals surface area contributed by atoms with Gasteiger partial charge in [0.05, 0.1) is 18.7 Å². The second kappa shape index (κ2) is 7.82. The number of fused-ring (bicyclic) bond motifs is 1. The van der Waals surface area contributed by atoms with Gasteiger partial charge in [-0.3, -0.25) is 10.1 Å². The first-order valence-corrected chi connectivity index (χ1v) is 8.56. The van der Waals surface area contributed by atoms with Gasteiger partial charge in [0.1, 0.15) is 0 Å². The molecule has 0 saturated heterocycles. The quantitative estimate of drug-likeness (QED) is 0.619. The molecule has 7 heteroatoms. The van der Waals surface area contributed by atoms with Gasteiger partial charge in [0, 0.05) is 5.56 Å². The van der Waals surface area contributed by atoms with Crippen molar-refractivity contribution in [2.45, 2.75) is 31.5 Å². The minimum atomic E-state index is -4.51. The summed E-state index contributed by atoms with van der Waals surface area (Å²) in [6, 6.07) is 12.0. The fraction of sp³-hybridized carbons (Fsp3) is 0.300. The normalized spacial score (nSPS) is 17.2. The molecule has 3 rings (SSSR count). The van der Waals surface area contributed by atoms with Crippen molar-refractivity contribution < 1.29 is 22.7 Å². The molecule has 0 bridgehead atoms. The summed E-state index contributed by atoms with van der Waals surface area (Å²) >= 11 is 0. The minimum Gasteiger partial charge on any atom is -0.468 e. The molecule has 2 aromatic rings. The number of amides is 1. The van der Waals surface area contributed by atoms with Crippen molar-refractivity contribution in [2.75, 3.05) is 7.11 Å². The number of hydrogen-bond acceptors (Lipinski definition) is 3. The summed E-state index contributed by atoms with van der Waals surface area (Å²) in [6.07, 6.45) is -1.77. The third-order valence-electron chi connectivity index (χ3n) is 4.48. The Labute approximate surface area is 155 Å². The number of nitrogens with one attached hydrogen (secondary N) is 1. The van der Waals surface area contributed by atoms with Crippen LogP contribution in [0.5, 0.6) is 0 Å². The van der Waals surface area contributed by atoms with Crippen LogP contribution >= 0.6 is 0 Å². The Morgan fingerprint density at radius 1 is 1.19 bits per heavy atom. The molecule has 0 aromatic heterocycles. The summed E-state index contributed by atoms with van der Waals surface area (Å²) in [5.74, 6) is -0.703. The summed E-state index contributed by atoms with van der Waals surface area (Å²) in [4.78, 5) is 16.8. The SMILES string of the molecule is COC(=NC1CCCc2ccccc21)NC(=O)c1cccc(C(F)(F)F)c1. The maximum atomic E-state index is 12.8. The number of aryl methyl sites for hydroxylation is 1. The first-order valence-electron chi connectivity index (χ1n) is 8.56. The van der Waals surface area contributed by atoms with Gasteiger partial charge in [0.25, 0.3) is 11.9 Å². The van der Waals surface area contributed by atoms with Gasteiger partial charge in [-0.15, -0.1) is 0 Å². The minimum absolute atomic E-state index is 0.0147. The summed E-state index contributed by atoms with van der Waals surface area (Å²) in [5, 5.41) is 2.46. The van der Waals surface area contributed by atoms with Gasteiger partial charge in [-0.05, 0) is 48.6 Å². The molecule has 0 heterocycles. The van der Waals surface area contributed by atoms with E-state index in [0.29, 0.717) is 0 Å². The number of benzene rings is 2. The molecule has 0 radical (unpaired) electrons. The number of nitrogens with zero attached hydrogens (tertiary/aromatic N) is 1. The highest BCUT2D eigenvalue weighted by molar-refractivity contribution is 6.04. The zero-order valence-corrected chi connectivity index (χ0v) is 14.7. The van der Waals surface area contributed by atoms with Crippen LogP contribution < -0.4 is 5.32 Å². The molecule has 1 amide bonds. The fourth-order valence-electron chi connectivity index (χ4n) is 3.15. The zero-order chi connectivity index (χ0) is 19.4. The number of amidine groups is 1. The molecule has 0 aliphatic heterocycles. The van der Waals surface area contributed by atoms with Crippen molar-refractivity contribution in [3.63, 3.8) is 0 Å². The number of alkyl halides is 3. The lowest BCUT2D eigenvalue weighted by Gasteiger charge is -2.23. The van der Waals surface area contributed by atoms with Crippen LogP contribution in [0, 0.1) is 0 Å². The Kier molecular flexibility index (Phi) is 5.48. The van der Waals surface area contributed by atoms with Crippen LogP contribution in [0.1, 0.15) is 45.9 Å². The van der Waals surface area contributed by atoms with Crippen molar-refractivity contribution in [1.29, 1.82) is 0 Å². The predicted octanol–water partition coefficient (Wildman–Crippen LogP) is 4.52. The van der Waals surface area contributed by atoms with E-state index in [2.05, 4.69) is 10.3 Å². The highest BCUT2D eigenvalue weighted by Gasteiger charge is 2.31. The average molecular weight is 376 g/mol. The van der Waals surface area contributed by atoms with Gasteiger partial charge in [0.2, 0.25) is 0 Å². The number of carbonyl (C=O) groups excluding carboxylic acids is 1. The van der Waals surface area contributed by atoms with Crippen molar-refractivity contribution >= 4 is 11.9 Å². The Morgan fingerprint density at radius 3 is 2.70 bits per heavy atom. The third kappa shape index (κ3) is 4.48. The molecule has 1 unspecified atom stereocenters. The van der Waals surface area contributed by atoms with E-state index in [1.165, 1.54) is 24.8 Å². The standard InChI is InChI=1S/C20H19F3N2O2/c1-27-19(24-17-11-5-7-13-6-2-3-10-16(13)17)25-18(26)14-8-4-9-15(12-14)20(21,22)23/h2-4,6,8-10,12,17H,5,7,11H2,1H3,(H,24,25,26). The first-order chi connectivity index (χ1) is 12.9. The number of methoxy groups -OCH3 is 1. The number of hydrogen-bond donors (Lipinski definition) is 1. The van der Waals surface area contributed by atoms with Gasteiger partial charge in [-0.25, -0.2) is 4.99 Å². The Balaban J connectivity index is 1.80. The van der Waals surface area contributed by atoms with Crippen molar-refractivity contribution in [2.24, 2.45) is 4.99 Å². The maximum Gasteiger partial charge on any atom is 0.416 e. The summed E-state index contributed by atoms with van der Waals surface area (Å²) in [6.45, 7) is 0. The average Bonchev–Trinajstić information content (AvgIpc) is 2.67. The predicted molar refractivity (Wildman–Crippen MR) is 95.5 cm³/mol. The van der Waals surface area contributed by atoms with E-state index >= 15 is 0 Å². The van der Waals surface area contributed by atoms with E-state index in [-0.39, 0.29) is 17.6 Å². The van der Waals surface area contributed by atoms with E-state index < -0.39 is 17.6 Å². The monoisotopic (exact) mass is 376 g/mol. The Morgan fingerprint density at radius 2 is 1.96 bits per heavy atom. The largest absolute Gasteiger partial charge is 0.468 e. The van der Waals surface area contributed by atoms with Gasteiger partial charge in [-0.2, -0.15) is 13.2 Å². The highest BCUT2D eigenvalue weighted by Crippen LogP contribution is 2.32. The van der Waals surface area contributed by atoms with Crippen LogP contribution in [-0.4, -0.2) is 19.0 Å². The zero-order valence-electron chi connectivity index (χ0n) is 14.7. The number of ether oxygens (including phenoxy) is 1. The van der Waals surface area contributed by atoms with Crippen LogP contribution in [0.15, 0.2) is 53.5 Å². The molecule has 4 nitrogen and oxygen atoms in total. The van der Waals surface area contributed by atoms with Crippen molar-refractivity contribution in [1.82, 2.24) is 5.32 Å². The van der Waals surface area contributed by atoms with E-state index in [4.69, 9.17) is 4.74 Å². The Hall–Kier alpha value is -2.83. The molecule has 27 heavy (non-hydrogen) atoms. The molecule has 1 atom stereocenters. The maximum absolute atomic E-state index is 12.8. The number of aliphatic imine (C=N–C) groups is 1. The second-order valence-electron chi connectivity index (χ2n) is 6.28. The highest BCUT2D eigenvalue weighted by atomic mass is 19.4. The van der Waals surface area contributed by atoms with E-state index in [0.717, 1.165) is 37.0 Å². The van der Waals surface area contributed by atoms with Crippen LogP contribution in [0.4, 0.5) is 13.2 Å². The molecule has 0 saturated carbocycles. The number of rotatable bonds is 2. The topological polar surface area (TPSA) is 50.7 Å². The molecular weight excluding hydrogens is 357 g/mol. The van der Waals surface area contributed by atoms with Gasteiger partial charge < -0.3 is 4.74 Å². The van der Waals surface area contributed by atoms with Crippen molar-refractivity contribution in [3.05, 3.63) is 70.8 Å². The summed E-state index contributed by atoms with van der Waals surface area (Å²) < 4.78 is 43.6. The van der Waals surface area contributed by atoms with E-state index in [1.807, 2.05) is 24.3 Å². The third-order valence-corrected chi connectivity index (χ3v) is 4.48. The molecule has 0 spiro atoms. The van der Waals surface area contributed by atoms with Crippen LogP contribution in [-0.2, 0) is 17.3 Å². The van der Waals surface area contributed by atoms with Crippen LogP contribution in [0.3, 0.4) is 0 Å². The van der Waals surface area contributed by atoms with Gasteiger partial charge in [0.15, 0.2) is 0 Å². The lowest BCUT2D eigenvalue weighted by atomic mass is 9.88. The molecule has 1 aliphatic carbocycles. The van der Waals surface area contributed by atoms with Crippen LogP contribution in [0.2, 0.25) is 0 Å². The van der Waals surface area contributed by atoms with Gasteiger partial charge >= 0.3 is 6.18 Å². The van der Waals surface area contributed by atoms with Crippen LogP contribution in [0.25, 0.3) is 0 Å². The molecule has 1 aliphatic rings. The molecular formula is C20H19F3N2O2. The van der Waals surface area contributed by atoms with Gasteiger partial charge in [-0.1, -0.05) is 30.3 Å². The molecule has 0 fully saturated rings. The van der Waals surface area contributed by atoms with E-state index in [1.54, 1.807) is 0 Å². The lowest BCUT2D eigenvalue weighted by Crippen LogP contribution is -2.32. The number of halogens is 3. The smallest absolute Gasteiger partial charge is 0.416 e. The number of carbonyl (C=O) groups is 1. The fourth-order valence-corrected chi connectivity index (χ4v) is 3.15.